The van der Waals surface area contributed by atoms with Crippen molar-refractivity contribution in [1.82, 2.24) is 0 Å². The molecule has 1 N–H and O–H groups in total. The third-order valence-electron chi connectivity index (χ3n) is 5.49. The average Bonchev–Trinajstić information content (AvgIpc) is 2.42. The Bertz CT molecular complexity index is 635. The maximum atomic E-state index is 11.2. The summed E-state index contributed by atoms with van der Waals surface area (Å²) in [6, 6.07) is 8.70. The molecule has 1 aromatic rings. The van der Waals surface area contributed by atoms with E-state index in [1.165, 1.54) is 25.5 Å². The Morgan fingerprint density at radius 1 is 1.26 bits per heavy atom. The Balaban J connectivity index is 1.57. The van der Waals surface area contributed by atoms with Crippen molar-refractivity contribution in [2.45, 2.75) is 51.2 Å². The molecule has 0 radical (unpaired) electrons. The van der Waals surface area contributed by atoms with E-state index in [1.54, 1.807) is 0 Å². The first-order valence-corrected chi connectivity index (χ1v) is 10.6. The fourth-order valence-corrected chi connectivity index (χ4v) is 4.52. The van der Waals surface area contributed by atoms with Gasteiger partial charge in [-0.2, -0.15) is 0 Å². The van der Waals surface area contributed by atoms with E-state index in [2.05, 4.69) is 24.4 Å². The van der Waals surface area contributed by atoms with Gasteiger partial charge in [0.15, 0.2) is 0 Å². The molecule has 1 aromatic carbocycles. The average molecular weight is 337 g/mol. The number of aryl methyl sites for hydroxylation is 1. The highest BCUT2D eigenvalue weighted by atomic mass is 32.2. The third-order valence-corrected chi connectivity index (χ3v) is 6.44. The maximum Gasteiger partial charge on any atom is 0.147 e. The van der Waals surface area contributed by atoms with Gasteiger partial charge in [-0.15, -0.1) is 0 Å². The minimum atomic E-state index is -2.90. The van der Waals surface area contributed by atoms with E-state index in [-0.39, 0.29) is 5.75 Å². The van der Waals surface area contributed by atoms with Crippen LogP contribution in [0.5, 0.6) is 0 Å². The van der Waals surface area contributed by atoms with Gasteiger partial charge < -0.3 is 10.1 Å². The fraction of sp³-hybridized carbons (Fsp3) is 0.667. The molecule has 23 heavy (non-hydrogen) atoms. The summed E-state index contributed by atoms with van der Waals surface area (Å²) >= 11 is 0. The molecule has 2 saturated carbocycles. The zero-order chi connectivity index (χ0) is 16.5. The van der Waals surface area contributed by atoms with Crippen LogP contribution in [-0.2, 0) is 21.0 Å². The highest BCUT2D eigenvalue weighted by Gasteiger charge is 2.58. The van der Waals surface area contributed by atoms with Crippen LogP contribution in [0, 0.1) is 5.41 Å². The van der Waals surface area contributed by atoms with Gasteiger partial charge in [0.1, 0.15) is 9.84 Å². The monoisotopic (exact) mass is 337 g/mol. The van der Waals surface area contributed by atoms with Gasteiger partial charge in [-0.05, 0) is 50.3 Å². The number of rotatable bonds is 7. The smallest absolute Gasteiger partial charge is 0.147 e. The molecular formula is C18H27NO3S. The molecule has 0 aliphatic heterocycles. The molecule has 4 nitrogen and oxygen atoms in total. The van der Waals surface area contributed by atoms with Gasteiger partial charge in [-0.3, -0.25) is 0 Å². The Kier molecular flexibility index (Phi) is 4.70. The Morgan fingerprint density at radius 2 is 1.96 bits per heavy atom. The van der Waals surface area contributed by atoms with Crippen LogP contribution >= 0.6 is 0 Å². The standard InChI is InChI=1S/C18H27NO3S/c1-3-22-17-13-16(18(17)10-4-11-18)19-15-7-5-14(6-8-15)9-12-23(2,20)21/h5-8,16-17,19H,3-4,9-13H2,1-2H3/t16-,17+/m1/s1. The lowest BCUT2D eigenvalue weighted by Gasteiger charge is -2.61. The number of anilines is 1. The molecule has 0 amide bonds. The number of ether oxygens (including phenoxy) is 1. The lowest BCUT2D eigenvalue weighted by Crippen LogP contribution is -2.64. The lowest BCUT2D eigenvalue weighted by molar-refractivity contribution is -0.157. The van der Waals surface area contributed by atoms with Crippen molar-refractivity contribution in [3.8, 4) is 0 Å². The summed E-state index contributed by atoms with van der Waals surface area (Å²) < 4.78 is 28.4. The van der Waals surface area contributed by atoms with Crippen molar-refractivity contribution < 1.29 is 13.2 Å². The first kappa shape index (κ1) is 16.8. The van der Waals surface area contributed by atoms with Crippen molar-refractivity contribution >= 4 is 15.5 Å². The molecule has 1 spiro atoms. The first-order valence-electron chi connectivity index (χ1n) is 8.58. The van der Waals surface area contributed by atoms with E-state index in [0.29, 0.717) is 24.0 Å². The molecule has 2 fully saturated rings. The normalized spacial score (nSPS) is 25.7. The molecule has 128 valence electrons. The Morgan fingerprint density at radius 3 is 2.48 bits per heavy atom. The second kappa shape index (κ2) is 6.44. The summed E-state index contributed by atoms with van der Waals surface area (Å²) in [6.45, 7) is 2.87. The van der Waals surface area contributed by atoms with Crippen LogP contribution in [-0.4, -0.2) is 39.2 Å². The van der Waals surface area contributed by atoms with Crippen LogP contribution in [0.25, 0.3) is 0 Å². The quantitative estimate of drug-likeness (QED) is 0.831. The maximum absolute atomic E-state index is 11.2. The molecular weight excluding hydrogens is 310 g/mol. The highest BCUT2D eigenvalue weighted by molar-refractivity contribution is 7.90. The molecule has 0 bridgehead atoms. The fourth-order valence-electron chi connectivity index (χ4n) is 3.91. The van der Waals surface area contributed by atoms with Crippen LogP contribution in [0.3, 0.4) is 0 Å². The number of nitrogens with one attached hydrogen (secondary N) is 1. The summed E-state index contributed by atoms with van der Waals surface area (Å²) in [6.07, 6.45) is 7.22. The summed E-state index contributed by atoms with van der Waals surface area (Å²) in [4.78, 5) is 0. The van der Waals surface area contributed by atoms with Crippen molar-refractivity contribution in [1.29, 1.82) is 0 Å². The number of hydrogen-bond donors (Lipinski definition) is 1. The molecule has 3 rings (SSSR count). The van der Waals surface area contributed by atoms with Crippen molar-refractivity contribution in [3.63, 3.8) is 0 Å². The van der Waals surface area contributed by atoms with Gasteiger partial charge in [-0.1, -0.05) is 18.6 Å². The number of hydrogen-bond acceptors (Lipinski definition) is 4. The van der Waals surface area contributed by atoms with Gasteiger partial charge in [0.2, 0.25) is 0 Å². The lowest BCUT2D eigenvalue weighted by atomic mass is 9.51. The minimum Gasteiger partial charge on any atom is -0.382 e. The molecule has 2 aliphatic rings. The van der Waals surface area contributed by atoms with E-state index < -0.39 is 9.84 Å². The summed E-state index contributed by atoms with van der Waals surface area (Å²) in [5, 5.41) is 3.66. The molecule has 0 saturated heterocycles. The Labute approximate surface area is 139 Å². The summed E-state index contributed by atoms with van der Waals surface area (Å²) in [7, 11) is -2.90. The topological polar surface area (TPSA) is 55.4 Å². The van der Waals surface area contributed by atoms with Crippen molar-refractivity contribution in [2.75, 3.05) is 23.9 Å². The first-order chi connectivity index (χ1) is 10.9. The van der Waals surface area contributed by atoms with Gasteiger partial charge in [0.25, 0.3) is 0 Å². The molecule has 0 aromatic heterocycles. The van der Waals surface area contributed by atoms with Crippen LogP contribution in [0.4, 0.5) is 5.69 Å². The van der Waals surface area contributed by atoms with E-state index in [0.717, 1.165) is 24.3 Å². The summed E-state index contributed by atoms with van der Waals surface area (Å²) in [5.41, 5.74) is 2.55. The van der Waals surface area contributed by atoms with Crippen LogP contribution in [0.15, 0.2) is 24.3 Å². The molecule has 2 atom stereocenters. The Hall–Kier alpha value is -1.07. The van der Waals surface area contributed by atoms with Crippen molar-refractivity contribution in [2.24, 2.45) is 5.41 Å². The molecule has 5 heteroatoms. The van der Waals surface area contributed by atoms with Gasteiger partial charge in [-0.25, -0.2) is 8.42 Å². The zero-order valence-corrected chi connectivity index (χ0v) is 14.9. The summed E-state index contributed by atoms with van der Waals surface area (Å²) in [5.74, 6) is 0.210. The molecule has 0 heterocycles. The van der Waals surface area contributed by atoms with E-state index in [4.69, 9.17) is 4.74 Å². The number of benzene rings is 1. The van der Waals surface area contributed by atoms with Gasteiger partial charge in [0.05, 0.1) is 11.9 Å². The van der Waals surface area contributed by atoms with Crippen LogP contribution in [0.2, 0.25) is 0 Å². The van der Waals surface area contributed by atoms with Crippen molar-refractivity contribution in [3.05, 3.63) is 29.8 Å². The second-order valence-electron chi connectivity index (χ2n) is 7.04. The molecule has 0 unspecified atom stereocenters. The van der Waals surface area contributed by atoms with Gasteiger partial charge in [0, 0.05) is 30.0 Å². The van der Waals surface area contributed by atoms with E-state index in [9.17, 15) is 8.42 Å². The largest absolute Gasteiger partial charge is 0.382 e. The second-order valence-corrected chi connectivity index (χ2v) is 9.30. The molecule has 2 aliphatic carbocycles. The predicted molar refractivity (Wildman–Crippen MR) is 93.6 cm³/mol. The number of sulfone groups is 1. The SMILES string of the molecule is CCO[C@H]1C[C@@H](Nc2ccc(CCS(C)(=O)=O)cc2)C12CCC2. The van der Waals surface area contributed by atoms with Gasteiger partial charge >= 0.3 is 0 Å². The van der Waals surface area contributed by atoms with E-state index >= 15 is 0 Å². The minimum absolute atomic E-state index is 0.210. The third kappa shape index (κ3) is 3.56. The van der Waals surface area contributed by atoms with Crippen LogP contribution < -0.4 is 5.32 Å². The van der Waals surface area contributed by atoms with Crippen LogP contribution in [0.1, 0.15) is 38.2 Å². The highest BCUT2D eigenvalue weighted by Crippen LogP contribution is 2.58. The predicted octanol–water partition coefficient (Wildman–Crippen LogP) is 3.03. The van der Waals surface area contributed by atoms with E-state index in [1.807, 2.05) is 12.1 Å². The zero-order valence-electron chi connectivity index (χ0n) is 14.0.